The van der Waals surface area contributed by atoms with E-state index in [1.54, 1.807) is 35.8 Å². The topological polar surface area (TPSA) is 89.2 Å². The van der Waals surface area contributed by atoms with Crippen molar-refractivity contribution in [3.63, 3.8) is 0 Å². The van der Waals surface area contributed by atoms with Crippen molar-refractivity contribution >= 4 is 21.4 Å². The second-order valence-corrected chi connectivity index (χ2v) is 8.40. The van der Waals surface area contributed by atoms with Crippen molar-refractivity contribution in [3.05, 3.63) is 58.6 Å². The van der Waals surface area contributed by atoms with Crippen molar-refractivity contribution < 1.29 is 12.9 Å². The van der Waals surface area contributed by atoms with Crippen LogP contribution in [0, 0.1) is 0 Å². The lowest BCUT2D eigenvalue weighted by molar-refractivity contribution is 0.289. The molecular weight excluding hydrogens is 360 g/mol. The van der Waals surface area contributed by atoms with Gasteiger partial charge in [-0.15, -0.1) is 11.3 Å². The number of sulfonamides is 1. The number of nitrogens with zero attached hydrogens (tertiary/aromatic N) is 4. The Bertz CT molecular complexity index is 939. The summed E-state index contributed by atoms with van der Waals surface area (Å²) in [6.07, 6.45) is 1.91. The lowest BCUT2D eigenvalue weighted by atomic mass is 10.2. The minimum Gasteiger partial charge on any atom is -0.338 e. The number of rotatable bonds is 5. The minimum atomic E-state index is -3.58. The molecule has 1 saturated heterocycles. The highest BCUT2D eigenvalue weighted by atomic mass is 32.2. The van der Waals surface area contributed by atoms with E-state index in [2.05, 4.69) is 15.1 Å². The van der Waals surface area contributed by atoms with E-state index in [4.69, 9.17) is 4.52 Å². The van der Waals surface area contributed by atoms with Crippen LogP contribution in [0.2, 0.25) is 0 Å². The zero-order chi connectivity index (χ0) is 17.3. The summed E-state index contributed by atoms with van der Waals surface area (Å²) in [6.45, 7) is 0.450. The van der Waals surface area contributed by atoms with Crippen molar-refractivity contribution in [1.29, 1.82) is 0 Å². The molecule has 2 aromatic heterocycles. The maximum atomic E-state index is 12.9. The Labute approximate surface area is 149 Å². The van der Waals surface area contributed by atoms with Crippen LogP contribution in [0.15, 0.2) is 50.6 Å². The predicted octanol–water partition coefficient (Wildman–Crippen LogP) is 2.64. The molecule has 1 aliphatic heterocycles. The molecule has 130 valence electrons. The first kappa shape index (κ1) is 16.4. The second-order valence-electron chi connectivity index (χ2n) is 5.79. The van der Waals surface area contributed by atoms with Gasteiger partial charge < -0.3 is 4.52 Å². The van der Waals surface area contributed by atoms with E-state index in [0.717, 1.165) is 12.1 Å². The average Bonchev–Trinajstić information content (AvgIpc) is 3.37. The highest BCUT2D eigenvalue weighted by Crippen LogP contribution is 2.35. The van der Waals surface area contributed by atoms with E-state index in [9.17, 15) is 8.42 Å². The van der Waals surface area contributed by atoms with Gasteiger partial charge >= 0.3 is 0 Å². The Morgan fingerprint density at radius 2 is 2.12 bits per heavy atom. The Kier molecular flexibility index (Phi) is 4.36. The molecule has 25 heavy (non-hydrogen) atoms. The molecule has 0 N–H and O–H groups in total. The van der Waals surface area contributed by atoms with E-state index < -0.39 is 16.1 Å². The first-order chi connectivity index (χ1) is 12.1. The molecule has 1 fully saturated rings. The first-order valence-electron chi connectivity index (χ1n) is 7.91. The predicted molar refractivity (Wildman–Crippen MR) is 91.5 cm³/mol. The van der Waals surface area contributed by atoms with Crippen LogP contribution in [0.3, 0.4) is 0 Å². The van der Waals surface area contributed by atoms with Crippen molar-refractivity contribution in [2.24, 2.45) is 0 Å². The lowest BCUT2D eigenvalue weighted by Crippen LogP contribution is -2.30. The zero-order valence-electron chi connectivity index (χ0n) is 13.3. The van der Waals surface area contributed by atoms with Gasteiger partial charge in [-0.2, -0.15) is 9.29 Å². The summed E-state index contributed by atoms with van der Waals surface area (Å²) in [5.74, 6) is 0.868. The fraction of sp³-hybridized carbons (Fsp3) is 0.312. The summed E-state index contributed by atoms with van der Waals surface area (Å²) in [6, 6.07) is 8.02. The highest BCUT2D eigenvalue weighted by Gasteiger charge is 2.39. The molecule has 0 saturated carbocycles. The van der Waals surface area contributed by atoms with Gasteiger partial charge in [0.1, 0.15) is 6.04 Å². The lowest BCUT2D eigenvalue weighted by Gasteiger charge is -2.21. The van der Waals surface area contributed by atoms with Crippen LogP contribution >= 0.6 is 11.3 Å². The van der Waals surface area contributed by atoms with Crippen molar-refractivity contribution in [2.45, 2.75) is 30.2 Å². The summed E-state index contributed by atoms with van der Waals surface area (Å²) in [5.41, 5.74) is 2.62. The van der Waals surface area contributed by atoms with Gasteiger partial charge in [0.2, 0.25) is 15.9 Å². The van der Waals surface area contributed by atoms with Crippen LogP contribution in [-0.2, 0) is 16.4 Å². The number of hydrogen-bond acceptors (Lipinski definition) is 7. The van der Waals surface area contributed by atoms with E-state index >= 15 is 0 Å². The Balaban J connectivity index is 1.59. The molecule has 1 atom stereocenters. The zero-order valence-corrected chi connectivity index (χ0v) is 14.9. The van der Waals surface area contributed by atoms with E-state index in [1.165, 1.54) is 15.6 Å². The molecule has 4 rings (SSSR count). The van der Waals surface area contributed by atoms with Crippen LogP contribution < -0.4 is 0 Å². The molecule has 3 heterocycles. The molecule has 0 spiro atoms. The summed E-state index contributed by atoms with van der Waals surface area (Å²) in [4.78, 5) is 8.89. The third-order valence-corrected chi connectivity index (χ3v) is 6.70. The van der Waals surface area contributed by atoms with Gasteiger partial charge in [-0.05, 0) is 25.0 Å². The van der Waals surface area contributed by atoms with Crippen LogP contribution in [0.4, 0.5) is 0 Å². The number of hydrogen-bond donors (Lipinski definition) is 0. The van der Waals surface area contributed by atoms with Crippen LogP contribution in [-0.4, -0.2) is 34.4 Å². The SMILES string of the molecule is O=S(=O)(c1ccccc1)N1CCC[C@H]1c1nc(Cc2cscn2)no1. The highest BCUT2D eigenvalue weighted by molar-refractivity contribution is 7.89. The number of aromatic nitrogens is 3. The fourth-order valence-electron chi connectivity index (χ4n) is 2.96. The molecule has 1 aliphatic rings. The second kappa shape index (κ2) is 6.66. The quantitative estimate of drug-likeness (QED) is 0.680. The van der Waals surface area contributed by atoms with Gasteiger partial charge in [-0.1, -0.05) is 23.4 Å². The average molecular weight is 376 g/mol. The van der Waals surface area contributed by atoms with Crippen molar-refractivity contribution in [2.75, 3.05) is 6.54 Å². The van der Waals surface area contributed by atoms with Crippen molar-refractivity contribution in [3.8, 4) is 0 Å². The van der Waals surface area contributed by atoms with E-state index in [-0.39, 0.29) is 4.90 Å². The molecule has 0 unspecified atom stereocenters. The summed E-state index contributed by atoms with van der Waals surface area (Å²) < 4.78 is 32.6. The Morgan fingerprint density at radius 3 is 2.88 bits per heavy atom. The Morgan fingerprint density at radius 1 is 1.28 bits per heavy atom. The van der Waals surface area contributed by atoms with Gasteiger partial charge in [-0.3, -0.25) is 0 Å². The van der Waals surface area contributed by atoms with Gasteiger partial charge in [0.15, 0.2) is 5.82 Å². The standard InChI is InChI=1S/C16H16N4O3S2/c21-25(22,13-5-2-1-3-6-13)20-8-4-7-14(20)16-18-15(19-23-16)9-12-10-24-11-17-12/h1-3,5-6,10-11,14H,4,7-9H2/t14-/m0/s1. The first-order valence-corrected chi connectivity index (χ1v) is 10.3. The van der Waals surface area contributed by atoms with Gasteiger partial charge in [-0.25, -0.2) is 13.4 Å². The number of benzene rings is 1. The monoisotopic (exact) mass is 376 g/mol. The molecule has 0 amide bonds. The van der Waals surface area contributed by atoms with Crippen LogP contribution in [0.1, 0.15) is 36.3 Å². The van der Waals surface area contributed by atoms with E-state index in [1.807, 2.05) is 5.38 Å². The normalized spacial score (nSPS) is 18.6. The largest absolute Gasteiger partial charge is 0.338 e. The molecule has 7 nitrogen and oxygen atoms in total. The third-order valence-electron chi connectivity index (χ3n) is 4.15. The van der Waals surface area contributed by atoms with Gasteiger partial charge in [0.25, 0.3) is 0 Å². The molecule has 0 bridgehead atoms. The van der Waals surface area contributed by atoms with Gasteiger partial charge in [0.05, 0.1) is 22.5 Å². The van der Waals surface area contributed by atoms with Crippen molar-refractivity contribution in [1.82, 2.24) is 19.4 Å². The molecule has 0 aliphatic carbocycles. The maximum absolute atomic E-state index is 12.9. The molecule has 3 aromatic rings. The minimum absolute atomic E-state index is 0.282. The fourth-order valence-corrected chi connectivity index (χ4v) is 5.19. The smallest absolute Gasteiger partial charge is 0.245 e. The Hall–Kier alpha value is -2.10. The number of thiazole rings is 1. The molecule has 1 aromatic carbocycles. The molecule has 9 heteroatoms. The van der Waals surface area contributed by atoms with Gasteiger partial charge in [0, 0.05) is 11.9 Å². The summed E-state index contributed by atoms with van der Waals surface area (Å²) in [5, 5.41) is 5.91. The molecular formula is C16H16N4O3S2. The molecule has 0 radical (unpaired) electrons. The van der Waals surface area contributed by atoms with Crippen LogP contribution in [0.25, 0.3) is 0 Å². The summed E-state index contributed by atoms with van der Waals surface area (Å²) >= 11 is 1.51. The maximum Gasteiger partial charge on any atom is 0.245 e. The van der Waals surface area contributed by atoms with Crippen LogP contribution in [0.5, 0.6) is 0 Å². The summed E-state index contributed by atoms with van der Waals surface area (Å²) in [7, 11) is -3.58. The third kappa shape index (κ3) is 3.22. The van der Waals surface area contributed by atoms with E-state index in [0.29, 0.717) is 31.1 Å².